The van der Waals surface area contributed by atoms with Crippen molar-refractivity contribution in [2.45, 2.75) is 13.5 Å². The molecule has 1 fully saturated rings. The Bertz CT molecular complexity index is 1070. The van der Waals surface area contributed by atoms with Gasteiger partial charge in [-0.05, 0) is 13.0 Å². The van der Waals surface area contributed by atoms with Crippen LogP contribution in [-0.2, 0) is 6.54 Å². The maximum atomic E-state index is 12.8. The normalized spacial score (nSPS) is 14.5. The molecule has 3 aromatic rings. The van der Waals surface area contributed by atoms with E-state index in [0.29, 0.717) is 24.2 Å². The van der Waals surface area contributed by atoms with E-state index in [0.717, 1.165) is 37.6 Å². The van der Waals surface area contributed by atoms with Crippen LogP contribution >= 0.6 is 0 Å². The maximum Gasteiger partial charge on any atom is 0.273 e. The maximum absolute atomic E-state index is 12.8. The van der Waals surface area contributed by atoms with Gasteiger partial charge >= 0.3 is 0 Å². The fourth-order valence-electron chi connectivity index (χ4n) is 3.88. The molecule has 8 heteroatoms. The summed E-state index contributed by atoms with van der Waals surface area (Å²) < 4.78 is 2.15. The van der Waals surface area contributed by atoms with E-state index in [1.165, 1.54) is 6.07 Å². The van der Waals surface area contributed by atoms with Gasteiger partial charge in [-0.2, -0.15) is 0 Å². The van der Waals surface area contributed by atoms with Gasteiger partial charge in [-0.1, -0.05) is 36.4 Å². The summed E-state index contributed by atoms with van der Waals surface area (Å²) in [5, 5.41) is 11.2. The lowest BCUT2D eigenvalue weighted by Gasteiger charge is -2.34. The van der Waals surface area contributed by atoms with E-state index in [4.69, 9.17) is 0 Å². The van der Waals surface area contributed by atoms with Gasteiger partial charge in [0, 0.05) is 74.4 Å². The average molecular weight is 419 g/mol. The number of hydrogen-bond donors (Lipinski definition) is 0. The Morgan fingerprint density at radius 1 is 1.06 bits per heavy atom. The first-order chi connectivity index (χ1) is 15.0. The van der Waals surface area contributed by atoms with Crippen LogP contribution in [0.2, 0.25) is 0 Å². The van der Waals surface area contributed by atoms with Gasteiger partial charge in [0.15, 0.2) is 0 Å². The molecule has 0 bridgehead atoms. The molecule has 2 heterocycles. The van der Waals surface area contributed by atoms with Gasteiger partial charge in [0.25, 0.3) is 11.6 Å². The van der Waals surface area contributed by atoms with Crippen LogP contribution in [0.15, 0.2) is 60.9 Å². The van der Waals surface area contributed by atoms with Crippen molar-refractivity contribution >= 4 is 11.6 Å². The Balaban J connectivity index is 1.33. The Hall–Kier alpha value is -3.52. The van der Waals surface area contributed by atoms with Gasteiger partial charge in [0.1, 0.15) is 5.82 Å². The molecule has 1 aliphatic heterocycles. The number of amides is 1. The fourth-order valence-corrected chi connectivity index (χ4v) is 3.88. The van der Waals surface area contributed by atoms with Crippen LogP contribution in [-0.4, -0.2) is 62.9 Å². The fraction of sp³-hybridized carbons (Fsp3) is 0.304. The van der Waals surface area contributed by atoms with Gasteiger partial charge in [-0.25, -0.2) is 4.98 Å². The summed E-state index contributed by atoms with van der Waals surface area (Å²) >= 11 is 0. The minimum absolute atomic E-state index is 0.0148. The van der Waals surface area contributed by atoms with Crippen molar-refractivity contribution in [2.75, 3.05) is 32.7 Å². The zero-order valence-electron chi connectivity index (χ0n) is 17.5. The van der Waals surface area contributed by atoms with Crippen LogP contribution in [0.3, 0.4) is 0 Å². The third-order valence-corrected chi connectivity index (χ3v) is 5.72. The molecule has 0 unspecified atom stereocenters. The van der Waals surface area contributed by atoms with E-state index in [-0.39, 0.29) is 11.6 Å². The molecule has 2 aromatic carbocycles. The number of carbonyl (C=O) groups is 1. The first kappa shape index (κ1) is 20.7. The topological polar surface area (TPSA) is 84.5 Å². The number of benzene rings is 2. The monoisotopic (exact) mass is 419 g/mol. The van der Waals surface area contributed by atoms with Crippen LogP contribution in [0.1, 0.15) is 15.9 Å². The second-order valence-electron chi connectivity index (χ2n) is 7.70. The predicted molar refractivity (Wildman–Crippen MR) is 118 cm³/mol. The molecular weight excluding hydrogens is 394 g/mol. The van der Waals surface area contributed by atoms with Crippen molar-refractivity contribution in [2.24, 2.45) is 0 Å². The lowest BCUT2D eigenvalue weighted by molar-refractivity contribution is -0.385. The van der Waals surface area contributed by atoms with Crippen molar-refractivity contribution in [3.63, 3.8) is 0 Å². The van der Waals surface area contributed by atoms with Crippen molar-refractivity contribution in [1.82, 2.24) is 19.4 Å². The second-order valence-corrected chi connectivity index (χ2v) is 7.70. The Labute approximate surface area is 180 Å². The summed E-state index contributed by atoms with van der Waals surface area (Å²) in [6, 6.07) is 14.8. The van der Waals surface area contributed by atoms with Gasteiger partial charge in [-0.3, -0.25) is 19.8 Å². The minimum atomic E-state index is -0.441. The molecule has 0 spiro atoms. The highest BCUT2D eigenvalue weighted by Gasteiger charge is 2.24. The van der Waals surface area contributed by atoms with E-state index in [1.807, 2.05) is 30.6 Å². The third kappa shape index (κ3) is 4.64. The number of nitro groups is 1. The summed E-state index contributed by atoms with van der Waals surface area (Å²) in [7, 11) is 0. The highest BCUT2D eigenvalue weighted by molar-refractivity contribution is 5.95. The van der Waals surface area contributed by atoms with Crippen LogP contribution < -0.4 is 0 Å². The molecule has 0 aliphatic carbocycles. The molecule has 1 saturated heterocycles. The van der Waals surface area contributed by atoms with E-state index in [9.17, 15) is 14.9 Å². The zero-order chi connectivity index (χ0) is 21.8. The molecule has 1 amide bonds. The average Bonchev–Trinajstić information content (AvgIpc) is 3.27. The number of imidazole rings is 1. The SMILES string of the molecule is Cc1ccc(C(=O)N2CCN(CCn3ccnc3-c3ccccc3)CC2)cc1[N+](=O)[O-]. The molecule has 0 saturated carbocycles. The third-order valence-electron chi connectivity index (χ3n) is 5.72. The number of piperazine rings is 1. The number of aryl methyl sites for hydroxylation is 1. The lowest BCUT2D eigenvalue weighted by Crippen LogP contribution is -2.49. The predicted octanol–water partition coefficient (Wildman–Crippen LogP) is 3.22. The lowest BCUT2D eigenvalue weighted by atomic mass is 10.1. The first-order valence-electron chi connectivity index (χ1n) is 10.4. The van der Waals surface area contributed by atoms with Crippen molar-refractivity contribution in [3.8, 4) is 11.4 Å². The van der Waals surface area contributed by atoms with Crippen LogP contribution in [0, 0.1) is 17.0 Å². The zero-order valence-corrected chi connectivity index (χ0v) is 17.5. The summed E-state index contributed by atoms with van der Waals surface area (Å²) in [5.74, 6) is 0.805. The van der Waals surface area contributed by atoms with Gasteiger partial charge in [0.2, 0.25) is 0 Å². The highest BCUT2D eigenvalue weighted by atomic mass is 16.6. The van der Waals surface area contributed by atoms with E-state index in [1.54, 1.807) is 24.0 Å². The number of aromatic nitrogens is 2. The molecular formula is C23H25N5O3. The van der Waals surface area contributed by atoms with Crippen molar-refractivity contribution in [3.05, 3.63) is 82.2 Å². The van der Waals surface area contributed by atoms with E-state index in [2.05, 4.69) is 26.6 Å². The standard InChI is InChI=1S/C23H25N5O3/c1-18-7-8-20(17-21(18)28(30)31)23(29)27-15-12-25(13-16-27)11-14-26-10-9-24-22(26)19-5-3-2-4-6-19/h2-10,17H,11-16H2,1H3. The molecule has 1 aromatic heterocycles. The molecule has 8 nitrogen and oxygen atoms in total. The van der Waals surface area contributed by atoms with Gasteiger partial charge < -0.3 is 9.47 Å². The number of carbonyl (C=O) groups excluding carboxylic acids is 1. The van der Waals surface area contributed by atoms with Crippen LogP contribution in [0.25, 0.3) is 11.4 Å². The molecule has 1 aliphatic rings. The quantitative estimate of drug-likeness (QED) is 0.452. The number of rotatable bonds is 6. The van der Waals surface area contributed by atoms with Crippen molar-refractivity contribution < 1.29 is 9.72 Å². The number of hydrogen-bond acceptors (Lipinski definition) is 5. The highest BCUT2D eigenvalue weighted by Crippen LogP contribution is 2.21. The minimum Gasteiger partial charge on any atom is -0.336 e. The van der Waals surface area contributed by atoms with E-state index >= 15 is 0 Å². The first-order valence-corrected chi connectivity index (χ1v) is 10.4. The van der Waals surface area contributed by atoms with Crippen LogP contribution in [0.5, 0.6) is 0 Å². The molecule has 0 radical (unpaired) electrons. The molecule has 0 N–H and O–H groups in total. The summed E-state index contributed by atoms with van der Waals surface area (Å²) in [6.45, 7) is 6.13. The Morgan fingerprint density at radius 2 is 1.81 bits per heavy atom. The molecule has 4 rings (SSSR count). The molecule has 0 atom stereocenters. The largest absolute Gasteiger partial charge is 0.336 e. The summed E-state index contributed by atoms with van der Waals surface area (Å²) in [6.07, 6.45) is 3.81. The Morgan fingerprint density at radius 3 is 2.52 bits per heavy atom. The number of nitro benzene ring substituents is 1. The molecule has 31 heavy (non-hydrogen) atoms. The number of nitrogens with zero attached hydrogens (tertiary/aromatic N) is 5. The summed E-state index contributed by atoms with van der Waals surface area (Å²) in [4.78, 5) is 32.1. The Kier molecular flexibility index (Phi) is 6.08. The van der Waals surface area contributed by atoms with Crippen molar-refractivity contribution in [1.29, 1.82) is 0 Å². The second kappa shape index (κ2) is 9.09. The molecule has 160 valence electrons. The smallest absolute Gasteiger partial charge is 0.273 e. The van der Waals surface area contributed by atoms with Gasteiger partial charge in [-0.15, -0.1) is 0 Å². The van der Waals surface area contributed by atoms with Gasteiger partial charge in [0.05, 0.1) is 4.92 Å². The van der Waals surface area contributed by atoms with E-state index < -0.39 is 4.92 Å². The van der Waals surface area contributed by atoms with Crippen LogP contribution in [0.4, 0.5) is 5.69 Å². The summed E-state index contributed by atoms with van der Waals surface area (Å²) in [5.41, 5.74) is 2.01.